The Hall–Kier alpha value is -1.64. The molecule has 2 aromatic rings. The van der Waals surface area contributed by atoms with E-state index in [0.29, 0.717) is 6.54 Å². The van der Waals surface area contributed by atoms with Gasteiger partial charge in [0, 0.05) is 18.1 Å². The molecule has 0 saturated carbocycles. The van der Waals surface area contributed by atoms with E-state index in [4.69, 9.17) is 10.9 Å². The van der Waals surface area contributed by atoms with Crippen molar-refractivity contribution in [2.75, 3.05) is 17.7 Å². The first-order valence-corrected chi connectivity index (χ1v) is 8.24. The summed E-state index contributed by atoms with van der Waals surface area (Å²) >= 11 is 1.59. The molecule has 0 radical (unpaired) electrons. The summed E-state index contributed by atoms with van der Waals surface area (Å²) in [6.45, 7) is 2.57. The van der Waals surface area contributed by atoms with Gasteiger partial charge in [-0.25, -0.2) is 18.5 Å². The fourth-order valence-electron chi connectivity index (χ4n) is 1.85. The number of hydrogen-bond acceptors (Lipinski definition) is 6. The molecule has 0 saturated heterocycles. The van der Waals surface area contributed by atoms with Crippen molar-refractivity contribution in [3.8, 4) is 0 Å². The standard InChI is InChI=1S/C12H16N4O2S2/c1-8-15-9(7-19-8)6-16(2)10-3-4-12(11(13)5-10)20(14,17)18/h3-5,7H,6,13H2,1-2H3,(H2,14,17,18). The molecule has 1 heterocycles. The van der Waals surface area contributed by atoms with Gasteiger partial charge in [-0.3, -0.25) is 0 Å². The van der Waals surface area contributed by atoms with E-state index in [9.17, 15) is 8.42 Å². The van der Waals surface area contributed by atoms with Gasteiger partial charge in [0.1, 0.15) is 4.90 Å². The molecule has 0 bridgehead atoms. The fraction of sp³-hybridized carbons (Fsp3) is 0.250. The second kappa shape index (κ2) is 5.39. The number of primary sulfonamides is 1. The monoisotopic (exact) mass is 312 g/mol. The number of thiazole rings is 1. The molecule has 8 heteroatoms. The summed E-state index contributed by atoms with van der Waals surface area (Å²) in [5.41, 5.74) is 7.66. The summed E-state index contributed by atoms with van der Waals surface area (Å²) < 4.78 is 22.6. The lowest BCUT2D eigenvalue weighted by molar-refractivity contribution is 0.598. The Bertz CT molecular complexity index is 725. The van der Waals surface area contributed by atoms with E-state index in [1.807, 2.05) is 24.3 Å². The highest BCUT2D eigenvalue weighted by atomic mass is 32.2. The maximum absolute atomic E-state index is 11.3. The molecule has 0 fully saturated rings. The van der Waals surface area contributed by atoms with Gasteiger partial charge in [-0.15, -0.1) is 11.3 Å². The predicted octanol–water partition coefficient (Wildman–Crippen LogP) is 1.32. The van der Waals surface area contributed by atoms with E-state index in [1.54, 1.807) is 23.5 Å². The number of sulfonamides is 1. The Kier molecular flexibility index (Phi) is 3.98. The molecule has 1 aromatic heterocycles. The third kappa shape index (κ3) is 3.27. The number of anilines is 2. The number of nitrogen functional groups attached to an aromatic ring is 1. The van der Waals surface area contributed by atoms with Crippen LogP contribution in [0.15, 0.2) is 28.5 Å². The summed E-state index contributed by atoms with van der Waals surface area (Å²) in [4.78, 5) is 6.27. The topological polar surface area (TPSA) is 102 Å². The van der Waals surface area contributed by atoms with E-state index in [2.05, 4.69) is 4.98 Å². The second-order valence-electron chi connectivity index (χ2n) is 4.48. The highest BCUT2D eigenvalue weighted by Gasteiger charge is 2.14. The molecule has 0 aliphatic carbocycles. The molecule has 0 spiro atoms. The molecule has 0 aliphatic rings. The third-order valence-corrected chi connectivity index (χ3v) is 4.61. The van der Waals surface area contributed by atoms with Gasteiger partial charge < -0.3 is 10.6 Å². The van der Waals surface area contributed by atoms with Crippen LogP contribution in [0.1, 0.15) is 10.7 Å². The molecule has 20 heavy (non-hydrogen) atoms. The number of hydrogen-bond donors (Lipinski definition) is 2. The molecule has 0 unspecified atom stereocenters. The lowest BCUT2D eigenvalue weighted by atomic mass is 10.2. The van der Waals surface area contributed by atoms with Crippen LogP contribution in [0.2, 0.25) is 0 Å². The first-order chi connectivity index (χ1) is 9.27. The zero-order valence-electron chi connectivity index (χ0n) is 11.2. The number of nitrogens with two attached hydrogens (primary N) is 2. The summed E-state index contributed by atoms with van der Waals surface area (Å²) in [6.07, 6.45) is 0. The highest BCUT2D eigenvalue weighted by molar-refractivity contribution is 7.89. The second-order valence-corrected chi connectivity index (χ2v) is 7.07. The zero-order valence-corrected chi connectivity index (χ0v) is 12.8. The maximum Gasteiger partial charge on any atom is 0.240 e. The Balaban J connectivity index is 2.23. The Labute approximate surface area is 122 Å². The SMILES string of the molecule is Cc1nc(CN(C)c2ccc(S(N)(=O)=O)c(N)c2)cs1. The van der Waals surface area contributed by atoms with Gasteiger partial charge in [-0.2, -0.15) is 0 Å². The minimum atomic E-state index is -3.79. The molecule has 4 N–H and O–H groups in total. The van der Waals surface area contributed by atoms with Crippen molar-refractivity contribution in [2.24, 2.45) is 5.14 Å². The van der Waals surface area contributed by atoms with Crippen molar-refractivity contribution in [3.63, 3.8) is 0 Å². The van der Waals surface area contributed by atoms with Crippen LogP contribution < -0.4 is 15.8 Å². The van der Waals surface area contributed by atoms with Crippen LogP contribution in [0.25, 0.3) is 0 Å². The van der Waals surface area contributed by atoms with Crippen LogP contribution in [0.5, 0.6) is 0 Å². The minimum Gasteiger partial charge on any atom is -0.398 e. The average Bonchev–Trinajstić information content (AvgIpc) is 2.73. The van der Waals surface area contributed by atoms with Gasteiger partial charge in [-0.1, -0.05) is 0 Å². The number of aromatic nitrogens is 1. The van der Waals surface area contributed by atoms with Crippen molar-refractivity contribution in [1.82, 2.24) is 4.98 Å². The van der Waals surface area contributed by atoms with E-state index < -0.39 is 10.0 Å². The summed E-state index contributed by atoms with van der Waals surface area (Å²) in [5, 5.41) is 8.09. The Morgan fingerprint density at radius 3 is 2.60 bits per heavy atom. The highest BCUT2D eigenvalue weighted by Crippen LogP contribution is 2.24. The van der Waals surface area contributed by atoms with Crippen molar-refractivity contribution in [3.05, 3.63) is 34.3 Å². The van der Waals surface area contributed by atoms with Crippen LogP contribution in [-0.4, -0.2) is 20.4 Å². The largest absolute Gasteiger partial charge is 0.398 e. The summed E-state index contributed by atoms with van der Waals surface area (Å²) in [7, 11) is -1.90. The lowest BCUT2D eigenvalue weighted by Gasteiger charge is -2.19. The van der Waals surface area contributed by atoms with E-state index >= 15 is 0 Å². The van der Waals surface area contributed by atoms with Gasteiger partial charge >= 0.3 is 0 Å². The molecular formula is C12H16N4O2S2. The quantitative estimate of drug-likeness (QED) is 0.829. The lowest BCUT2D eigenvalue weighted by Crippen LogP contribution is -2.18. The molecular weight excluding hydrogens is 296 g/mol. The van der Waals surface area contributed by atoms with Crippen LogP contribution >= 0.6 is 11.3 Å². The van der Waals surface area contributed by atoms with Gasteiger partial charge in [0.25, 0.3) is 0 Å². The fourth-order valence-corrected chi connectivity index (χ4v) is 3.10. The van der Waals surface area contributed by atoms with E-state index in [-0.39, 0.29) is 10.6 Å². The smallest absolute Gasteiger partial charge is 0.240 e. The molecule has 108 valence electrons. The Morgan fingerprint density at radius 1 is 1.40 bits per heavy atom. The number of aryl methyl sites for hydroxylation is 1. The van der Waals surface area contributed by atoms with Gasteiger partial charge in [0.2, 0.25) is 10.0 Å². The van der Waals surface area contributed by atoms with Gasteiger partial charge in [0.15, 0.2) is 0 Å². The van der Waals surface area contributed by atoms with Crippen LogP contribution in [0, 0.1) is 6.92 Å². The molecule has 0 amide bonds. The van der Waals surface area contributed by atoms with Crippen molar-refractivity contribution in [1.29, 1.82) is 0 Å². The summed E-state index contributed by atoms with van der Waals surface area (Å²) in [5.74, 6) is 0. The zero-order chi connectivity index (χ0) is 14.9. The Morgan fingerprint density at radius 2 is 2.10 bits per heavy atom. The number of rotatable bonds is 4. The first-order valence-electron chi connectivity index (χ1n) is 5.82. The van der Waals surface area contributed by atoms with Crippen molar-refractivity contribution < 1.29 is 8.42 Å². The van der Waals surface area contributed by atoms with Crippen LogP contribution in [0.4, 0.5) is 11.4 Å². The summed E-state index contributed by atoms with van der Waals surface area (Å²) in [6, 6.07) is 4.69. The van der Waals surface area contributed by atoms with Gasteiger partial charge in [0.05, 0.1) is 22.9 Å². The molecule has 2 rings (SSSR count). The number of benzene rings is 1. The van der Waals surface area contributed by atoms with E-state index in [1.165, 1.54) is 6.07 Å². The minimum absolute atomic E-state index is 0.0563. The first kappa shape index (κ1) is 14.8. The van der Waals surface area contributed by atoms with Crippen molar-refractivity contribution >= 4 is 32.7 Å². The normalized spacial score (nSPS) is 11.6. The van der Waals surface area contributed by atoms with Gasteiger partial charge in [-0.05, 0) is 25.1 Å². The van der Waals surface area contributed by atoms with Crippen molar-refractivity contribution in [2.45, 2.75) is 18.4 Å². The van der Waals surface area contributed by atoms with Crippen LogP contribution in [0.3, 0.4) is 0 Å². The average molecular weight is 312 g/mol. The molecule has 6 nitrogen and oxygen atoms in total. The number of nitrogens with zero attached hydrogens (tertiary/aromatic N) is 2. The van der Waals surface area contributed by atoms with Crippen LogP contribution in [-0.2, 0) is 16.6 Å². The molecule has 0 atom stereocenters. The maximum atomic E-state index is 11.3. The molecule has 0 aliphatic heterocycles. The molecule has 1 aromatic carbocycles. The van der Waals surface area contributed by atoms with E-state index in [0.717, 1.165) is 16.4 Å². The predicted molar refractivity (Wildman–Crippen MR) is 81.2 cm³/mol. The third-order valence-electron chi connectivity index (χ3n) is 2.81.